The van der Waals surface area contributed by atoms with Gasteiger partial charge in [-0.2, -0.15) is 15.2 Å². The smallest absolute Gasteiger partial charge is 0.318 e. The number of ether oxygens (including phenoxy) is 1. The van der Waals surface area contributed by atoms with Crippen molar-refractivity contribution < 1.29 is 18.7 Å². The van der Waals surface area contributed by atoms with Crippen LogP contribution in [0.1, 0.15) is 48.9 Å². The third-order valence-corrected chi connectivity index (χ3v) is 9.78. The molecule has 10 nitrogen and oxygen atoms in total. The minimum Gasteiger partial charge on any atom is -0.462 e. The molecule has 6 rings (SSSR count). The summed E-state index contributed by atoms with van der Waals surface area (Å²) < 4.78 is 20.0. The van der Waals surface area contributed by atoms with Crippen molar-refractivity contribution in [1.29, 1.82) is 5.26 Å². The summed E-state index contributed by atoms with van der Waals surface area (Å²) in [6, 6.07) is 7.73. The molecule has 0 bridgehead atoms. The lowest BCUT2D eigenvalue weighted by Gasteiger charge is -2.44. The van der Waals surface area contributed by atoms with Gasteiger partial charge in [0.05, 0.1) is 29.6 Å². The van der Waals surface area contributed by atoms with Crippen LogP contribution in [0, 0.1) is 11.3 Å². The van der Waals surface area contributed by atoms with Gasteiger partial charge in [0.2, 0.25) is 5.91 Å². The fourth-order valence-corrected chi connectivity index (χ4v) is 7.38. The molecule has 1 aliphatic carbocycles. The first-order valence-corrected chi connectivity index (χ1v) is 15.2. The number of nitrogens with one attached hydrogen (secondary N) is 1. The van der Waals surface area contributed by atoms with E-state index in [1.807, 2.05) is 23.1 Å². The van der Waals surface area contributed by atoms with Crippen molar-refractivity contribution in [3.63, 3.8) is 0 Å². The quantitative estimate of drug-likeness (QED) is 0.494. The number of halogens is 2. The highest BCUT2D eigenvalue weighted by Crippen LogP contribution is 2.48. The highest BCUT2D eigenvalue weighted by atomic mass is 35.5. The van der Waals surface area contributed by atoms with Crippen molar-refractivity contribution in [2.45, 2.75) is 62.4 Å². The first-order chi connectivity index (χ1) is 20.7. The molecule has 12 heteroatoms. The lowest BCUT2D eigenvalue weighted by molar-refractivity contribution is -0.131. The third kappa shape index (κ3) is 5.31. The van der Waals surface area contributed by atoms with Crippen LogP contribution < -0.4 is 15.0 Å². The molecule has 2 aromatic rings. The Bertz CT molecular complexity index is 1510. The van der Waals surface area contributed by atoms with Crippen molar-refractivity contribution in [1.82, 2.24) is 19.8 Å². The molecule has 0 saturated carbocycles. The molecule has 226 valence electrons. The number of hydrogen-bond acceptors (Lipinski definition) is 8. The van der Waals surface area contributed by atoms with E-state index >= 15 is 0 Å². The minimum absolute atomic E-state index is 0.00712. The lowest BCUT2D eigenvalue weighted by atomic mass is 9.65. The van der Waals surface area contributed by atoms with Gasteiger partial charge in [0.25, 0.3) is 5.91 Å². The summed E-state index contributed by atoms with van der Waals surface area (Å²) in [5, 5.41) is 13.3. The molecule has 4 heterocycles. The fourth-order valence-electron chi connectivity index (χ4n) is 7.11. The van der Waals surface area contributed by atoms with E-state index in [1.54, 1.807) is 0 Å². The molecular weight excluding hydrogens is 573 g/mol. The van der Waals surface area contributed by atoms with Gasteiger partial charge >= 0.3 is 6.01 Å². The number of carbonyl (C=O) groups is 2. The maximum absolute atomic E-state index is 14.0. The molecule has 1 aromatic heterocycles. The molecule has 4 aliphatic rings. The van der Waals surface area contributed by atoms with Gasteiger partial charge in [-0.15, -0.1) is 0 Å². The lowest BCUT2D eigenvalue weighted by Crippen LogP contribution is -2.56. The number of hydrogen-bond donors (Lipinski definition) is 1. The van der Waals surface area contributed by atoms with Gasteiger partial charge in [-0.05, 0) is 62.9 Å². The van der Waals surface area contributed by atoms with Crippen molar-refractivity contribution in [3.05, 3.63) is 52.4 Å². The number of nitrogens with zero attached hydrogens (tertiary/aromatic N) is 6. The fraction of sp³-hybridized carbons (Fsp3) is 0.516. The van der Waals surface area contributed by atoms with Crippen molar-refractivity contribution in [2.24, 2.45) is 0 Å². The standard InChI is InChI=1S/C31H35ClFN7O3/c1-19(33)28(41)40-15-14-39(17-20(40)10-12-34)27-26-25(35-30(37-27)43-18-21-6-5-13-38(21)2)16-31(29(42)36-26)11-4-7-22-23(31)8-3-9-24(22)32/h3,8-9,20-21H,1,4-7,10-11,13-18H2,2H3,(H,36,42)/t20?,21-,31?/m0/s1. The van der Waals surface area contributed by atoms with Crippen LogP contribution in [0.15, 0.2) is 30.6 Å². The molecule has 43 heavy (non-hydrogen) atoms. The number of amides is 2. The van der Waals surface area contributed by atoms with Gasteiger partial charge in [0.15, 0.2) is 11.6 Å². The Morgan fingerprint density at radius 3 is 2.86 bits per heavy atom. The largest absolute Gasteiger partial charge is 0.462 e. The summed E-state index contributed by atoms with van der Waals surface area (Å²) >= 11 is 6.58. The summed E-state index contributed by atoms with van der Waals surface area (Å²) in [4.78, 5) is 41.7. The average Bonchev–Trinajstić information content (AvgIpc) is 3.41. The van der Waals surface area contributed by atoms with Crippen LogP contribution in [0.2, 0.25) is 5.02 Å². The van der Waals surface area contributed by atoms with Crippen LogP contribution in [0.25, 0.3) is 0 Å². The Labute approximate surface area is 255 Å². The van der Waals surface area contributed by atoms with E-state index in [-0.39, 0.29) is 37.5 Å². The van der Waals surface area contributed by atoms with Gasteiger partial charge in [-0.3, -0.25) is 9.59 Å². The van der Waals surface area contributed by atoms with E-state index in [2.05, 4.69) is 29.9 Å². The van der Waals surface area contributed by atoms with E-state index in [0.29, 0.717) is 48.2 Å². The number of piperazine rings is 1. The number of likely N-dealkylation sites (tertiary alicyclic amines) is 1. The molecule has 3 atom stereocenters. The number of rotatable bonds is 6. The van der Waals surface area contributed by atoms with Gasteiger partial charge in [0, 0.05) is 37.1 Å². The highest BCUT2D eigenvalue weighted by Gasteiger charge is 2.49. The Morgan fingerprint density at radius 2 is 2.12 bits per heavy atom. The molecule has 3 aliphatic heterocycles. The summed E-state index contributed by atoms with van der Waals surface area (Å²) in [6.07, 6.45) is 4.78. The number of nitriles is 1. The maximum Gasteiger partial charge on any atom is 0.318 e. The van der Waals surface area contributed by atoms with E-state index in [9.17, 15) is 19.2 Å². The number of likely N-dealkylation sites (N-methyl/N-ethyl adjacent to an activating group) is 1. The first kappa shape index (κ1) is 29.3. The van der Waals surface area contributed by atoms with Gasteiger partial charge < -0.3 is 24.8 Å². The van der Waals surface area contributed by atoms with Crippen LogP contribution in [0.3, 0.4) is 0 Å². The normalized spacial score (nSPS) is 25.1. The topological polar surface area (TPSA) is 115 Å². The zero-order valence-electron chi connectivity index (χ0n) is 24.2. The summed E-state index contributed by atoms with van der Waals surface area (Å²) in [6.45, 7) is 5.30. The first-order valence-electron chi connectivity index (χ1n) is 14.8. The Kier molecular flexibility index (Phi) is 8.00. The van der Waals surface area contributed by atoms with Crippen molar-refractivity contribution in [3.8, 4) is 12.1 Å². The molecule has 0 radical (unpaired) electrons. The van der Waals surface area contributed by atoms with Gasteiger partial charge in [-0.1, -0.05) is 30.3 Å². The van der Waals surface area contributed by atoms with E-state index < -0.39 is 23.2 Å². The Hall–Kier alpha value is -3.75. The number of benzene rings is 1. The maximum atomic E-state index is 14.0. The van der Waals surface area contributed by atoms with Crippen LogP contribution in [-0.2, 0) is 27.8 Å². The summed E-state index contributed by atoms with van der Waals surface area (Å²) in [5.41, 5.74) is 2.27. The Balaban J connectivity index is 1.38. The molecule has 1 spiro atoms. The van der Waals surface area contributed by atoms with E-state index in [4.69, 9.17) is 26.3 Å². The van der Waals surface area contributed by atoms with Crippen LogP contribution in [0.4, 0.5) is 15.9 Å². The number of carbonyl (C=O) groups excluding carboxylic acids is 2. The highest BCUT2D eigenvalue weighted by molar-refractivity contribution is 6.31. The zero-order chi connectivity index (χ0) is 30.3. The van der Waals surface area contributed by atoms with E-state index in [0.717, 1.165) is 43.4 Å². The predicted molar refractivity (Wildman–Crippen MR) is 160 cm³/mol. The molecule has 1 aromatic carbocycles. The SMILES string of the molecule is C=C(F)C(=O)N1CCN(c2nc(OC[C@@H]3CCCN3C)nc3c2NC(=O)C2(CCCc4c(Cl)cccc42)C3)CC1CC#N. The van der Waals surface area contributed by atoms with Crippen LogP contribution in [0.5, 0.6) is 6.01 Å². The third-order valence-electron chi connectivity index (χ3n) is 9.43. The van der Waals surface area contributed by atoms with Crippen molar-refractivity contribution >= 4 is 34.9 Å². The van der Waals surface area contributed by atoms with Crippen LogP contribution >= 0.6 is 11.6 Å². The zero-order valence-corrected chi connectivity index (χ0v) is 25.0. The summed E-state index contributed by atoms with van der Waals surface area (Å²) in [5.74, 6) is -1.54. The second-order valence-electron chi connectivity index (χ2n) is 11.9. The average molecular weight is 608 g/mol. The van der Waals surface area contributed by atoms with Gasteiger partial charge in [0.1, 0.15) is 12.3 Å². The van der Waals surface area contributed by atoms with Crippen LogP contribution in [-0.4, -0.2) is 83.5 Å². The number of fused-ring (bicyclic) bond motifs is 3. The number of anilines is 2. The molecule has 2 fully saturated rings. The van der Waals surface area contributed by atoms with E-state index in [1.165, 1.54) is 4.90 Å². The molecular formula is C31H35ClFN7O3. The van der Waals surface area contributed by atoms with Crippen molar-refractivity contribution in [2.75, 3.05) is 50.1 Å². The molecule has 2 saturated heterocycles. The predicted octanol–water partition coefficient (Wildman–Crippen LogP) is 3.79. The monoisotopic (exact) mass is 607 g/mol. The number of aromatic nitrogens is 2. The minimum atomic E-state index is -1.06. The van der Waals surface area contributed by atoms with Gasteiger partial charge in [-0.25, -0.2) is 4.39 Å². The second-order valence-corrected chi connectivity index (χ2v) is 12.3. The summed E-state index contributed by atoms with van der Waals surface area (Å²) in [7, 11) is 2.08. The molecule has 2 unspecified atom stereocenters. The molecule has 1 N–H and O–H groups in total. The second kappa shape index (κ2) is 11.7. The Morgan fingerprint density at radius 1 is 1.28 bits per heavy atom. The molecule has 2 amide bonds.